The Morgan fingerprint density at radius 1 is 1.00 bits per heavy atom. The van der Waals surface area contributed by atoms with Gasteiger partial charge in [0.25, 0.3) is 5.91 Å². The first-order valence-corrected chi connectivity index (χ1v) is 9.15. The molecule has 1 N–H and O–H groups in total. The van der Waals surface area contributed by atoms with Crippen molar-refractivity contribution < 1.29 is 13.9 Å². The molecule has 1 aliphatic heterocycles. The van der Waals surface area contributed by atoms with Gasteiger partial charge in [0.05, 0.1) is 5.57 Å². The number of ether oxygens (including phenoxy) is 1. The maximum Gasteiger partial charge on any atom is 0.250 e. The van der Waals surface area contributed by atoms with Gasteiger partial charge in [0.1, 0.15) is 18.2 Å². The van der Waals surface area contributed by atoms with E-state index in [1.807, 2.05) is 24.3 Å². The molecular formula is C24H20FNO2. The SMILES string of the molecule is Cc1ccc(-c2ccc3c(c2)C=C(C(=O)NCc2ccc(F)cc2)CO3)cc1. The highest BCUT2D eigenvalue weighted by Gasteiger charge is 2.17. The van der Waals surface area contributed by atoms with Crippen LogP contribution in [0.1, 0.15) is 16.7 Å². The van der Waals surface area contributed by atoms with Crippen LogP contribution in [0.4, 0.5) is 4.39 Å². The monoisotopic (exact) mass is 373 g/mol. The third-order valence-corrected chi connectivity index (χ3v) is 4.77. The summed E-state index contributed by atoms with van der Waals surface area (Å²) >= 11 is 0. The van der Waals surface area contributed by atoms with E-state index in [1.54, 1.807) is 12.1 Å². The van der Waals surface area contributed by atoms with Crippen molar-refractivity contribution in [2.45, 2.75) is 13.5 Å². The van der Waals surface area contributed by atoms with Crippen LogP contribution in [-0.2, 0) is 11.3 Å². The molecule has 0 aromatic heterocycles. The van der Waals surface area contributed by atoms with Crippen molar-refractivity contribution in [2.75, 3.05) is 6.61 Å². The smallest absolute Gasteiger partial charge is 0.250 e. The van der Waals surface area contributed by atoms with Gasteiger partial charge in [-0.25, -0.2) is 4.39 Å². The van der Waals surface area contributed by atoms with Crippen LogP contribution >= 0.6 is 0 Å². The number of nitrogens with one attached hydrogen (secondary N) is 1. The highest BCUT2D eigenvalue weighted by atomic mass is 19.1. The molecule has 3 aromatic carbocycles. The third kappa shape index (κ3) is 3.96. The quantitative estimate of drug-likeness (QED) is 0.707. The number of hydrogen-bond acceptors (Lipinski definition) is 2. The van der Waals surface area contributed by atoms with Gasteiger partial charge in [-0.05, 0) is 54.0 Å². The van der Waals surface area contributed by atoms with Gasteiger partial charge in [0, 0.05) is 12.1 Å². The molecule has 0 radical (unpaired) electrons. The molecule has 1 aliphatic rings. The van der Waals surface area contributed by atoms with Crippen LogP contribution in [0.2, 0.25) is 0 Å². The van der Waals surface area contributed by atoms with Crippen molar-refractivity contribution in [1.29, 1.82) is 0 Å². The van der Waals surface area contributed by atoms with Gasteiger partial charge in [-0.1, -0.05) is 48.0 Å². The minimum Gasteiger partial charge on any atom is -0.488 e. The normalized spacial score (nSPS) is 12.6. The number of fused-ring (bicyclic) bond motifs is 1. The van der Waals surface area contributed by atoms with E-state index in [0.717, 1.165) is 28.0 Å². The summed E-state index contributed by atoms with van der Waals surface area (Å²) in [5.74, 6) is 0.293. The van der Waals surface area contributed by atoms with E-state index in [2.05, 4.69) is 36.5 Å². The summed E-state index contributed by atoms with van der Waals surface area (Å²) in [6, 6.07) is 20.4. The molecule has 0 spiro atoms. The van der Waals surface area contributed by atoms with Gasteiger partial charge in [-0.3, -0.25) is 4.79 Å². The van der Waals surface area contributed by atoms with Crippen LogP contribution in [0, 0.1) is 12.7 Å². The molecule has 0 aliphatic carbocycles. The maximum atomic E-state index is 13.0. The van der Waals surface area contributed by atoms with Crippen molar-refractivity contribution in [1.82, 2.24) is 5.32 Å². The highest BCUT2D eigenvalue weighted by Crippen LogP contribution is 2.31. The van der Waals surface area contributed by atoms with E-state index in [9.17, 15) is 9.18 Å². The molecular weight excluding hydrogens is 353 g/mol. The van der Waals surface area contributed by atoms with Crippen molar-refractivity contribution in [3.8, 4) is 16.9 Å². The van der Waals surface area contributed by atoms with Crippen LogP contribution in [0.15, 0.2) is 72.3 Å². The average molecular weight is 373 g/mol. The first-order chi connectivity index (χ1) is 13.6. The lowest BCUT2D eigenvalue weighted by Gasteiger charge is -2.18. The molecule has 0 saturated carbocycles. The molecule has 4 heteroatoms. The summed E-state index contributed by atoms with van der Waals surface area (Å²) in [7, 11) is 0. The number of aryl methyl sites for hydroxylation is 1. The molecule has 28 heavy (non-hydrogen) atoms. The third-order valence-electron chi connectivity index (χ3n) is 4.77. The molecule has 3 aromatic rings. The van der Waals surface area contributed by atoms with Crippen molar-refractivity contribution in [2.24, 2.45) is 0 Å². The predicted molar refractivity (Wildman–Crippen MR) is 108 cm³/mol. The largest absolute Gasteiger partial charge is 0.488 e. The fraction of sp³-hybridized carbons (Fsp3) is 0.125. The summed E-state index contributed by atoms with van der Waals surface area (Å²) in [6.07, 6.45) is 1.87. The average Bonchev–Trinajstić information content (AvgIpc) is 2.73. The lowest BCUT2D eigenvalue weighted by Crippen LogP contribution is -2.28. The Hall–Kier alpha value is -3.40. The molecule has 3 nitrogen and oxygen atoms in total. The minimum absolute atomic E-state index is 0.185. The van der Waals surface area contributed by atoms with Gasteiger partial charge < -0.3 is 10.1 Å². The summed E-state index contributed by atoms with van der Waals surface area (Å²) < 4.78 is 18.7. The second kappa shape index (κ2) is 7.69. The van der Waals surface area contributed by atoms with Crippen molar-refractivity contribution in [3.63, 3.8) is 0 Å². The van der Waals surface area contributed by atoms with E-state index in [1.165, 1.54) is 17.7 Å². The minimum atomic E-state index is -0.292. The molecule has 0 fully saturated rings. The number of carbonyl (C=O) groups excluding carboxylic acids is 1. The highest BCUT2D eigenvalue weighted by molar-refractivity contribution is 5.99. The Balaban J connectivity index is 1.51. The van der Waals surface area contributed by atoms with Gasteiger partial charge in [-0.2, -0.15) is 0 Å². The first-order valence-electron chi connectivity index (χ1n) is 9.15. The molecule has 0 bridgehead atoms. The molecule has 1 heterocycles. The molecule has 140 valence electrons. The van der Waals surface area contributed by atoms with E-state index in [0.29, 0.717) is 12.1 Å². The van der Waals surface area contributed by atoms with Crippen LogP contribution in [-0.4, -0.2) is 12.5 Å². The zero-order valence-corrected chi connectivity index (χ0v) is 15.5. The van der Waals surface area contributed by atoms with E-state index in [-0.39, 0.29) is 18.3 Å². The molecule has 4 rings (SSSR count). The molecule has 0 saturated heterocycles. The van der Waals surface area contributed by atoms with E-state index >= 15 is 0 Å². The first kappa shape index (κ1) is 18.0. The Bertz CT molecular complexity index is 1040. The predicted octanol–water partition coefficient (Wildman–Crippen LogP) is 4.89. The summed E-state index contributed by atoms with van der Waals surface area (Å²) in [6.45, 7) is 2.63. The lowest BCUT2D eigenvalue weighted by atomic mass is 9.99. The number of rotatable bonds is 4. The van der Waals surface area contributed by atoms with Gasteiger partial charge >= 0.3 is 0 Å². The van der Waals surface area contributed by atoms with Gasteiger partial charge in [0.2, 0.25) is 0 Å². The zero-order chi connectivity index (χ0) is 19.5. The van der Waals surface area contributed by atoms with Crippen LogP contribution in [0.25, 0.3) is 17.2 Å². The van der Waals surface area contributed by atoms with Crippen LogP contribution in [0.3, 0.4) is 0 Å². The van der Waals surface area contributed by atoms with Crippen LogP contribution < -0.4 is 10.1 Å². The Morgan fingerprint density at radius 2 is 1.71 bits per heavy atom. The number of amides is 1. The summed E-state index contributed by atoms with van der Waals surface area (Å²) in [4.78, 5) is 12.5. The summed E-state index contributed by atoms with van der Waals surface area (Å²) in [5.41, 5.74) is 5.70. The Labute approximate surface area is 163 Å². The van der Waals surface area contributed by atoms with Gasteiger partial charge in [-0.15, -0.1) is 0 Å². The molecule has 0 atom stereocenters. The fourth-order valence-electron chi connectivity index (χ4n) is 3.13. The van der Waals surface area contributed by atoms with E-state index < -0.39 is 0 Å². The second-order valence-corrected chi connectivity index (χ2v) is 6.89. The molecule has 0 unspecified atom stereocenters. The number of halogens is 1. The summed E-state index contributed by atoms with van der Waals surface area (Å²) in [5, 5.41) is 2.86. The Morgan fingerprint density at radius 3 is 2.46 bits per heavy atom. The zero-order valence-electron chi connectivity index (χ0n) is 15.5. The second-order valence-electron chi connectivity index (χ2n) is 6.89. The topological polar surface area (TPSA) is 38.3 Å². The van der Waals surface area contributed by atoms with Crippen molar-refractivity contribution >= 4 is 12.0 Å². The van der Waals surface area contributed by atoms with Crippen molar-refractivity contribution in [3.05, 3.63) is 94.8 Å². The fourth-order valence-corrected chi connectivity index (χ4v) is 3.13. The van der Waals surface area contributed by atoms with Crippen LogP contribution in [0.5, 0.6) is 5.75 Å². The Kier molecular flexibility index (Phi) is 4.94. The lowest BCUT2D eigenvalue weighted by molar-refractivity contribution is -0.117. The van der Waals surface area contributed by atoms with Gasteiger partial charge in [0.15, 0.2) is 0 Å². The van der Waals surface area contributed by atoms with E-state index in [4.69, 9.17) is 4.74 Å². The number of hydrogen-bond donors (Lipinski definition) is 1. The molecule has 1 amide bonds. The number of carbonyl (C=O) groups is 1. The number of benzene rings is 3. The maximum absolute atomic E-state index is 13.0. The standard InChI is InChI=1S/C24H20FNO2/c1-16-2-6-18(7-3-16)19-8-11-23-20(12-19)13-21(15-28-23)24(27)26-14-17-4-9-22(25)10-5-17/h2-13H,14-15H2,1H3,(H,26,27).